The summed E-state index contributed by atoms with van der Waals surface area (Å²) in [5, 5.41) is 2.33. The van der Waals surface area contributed by atoms with Crippen LogP contribution in [0.25, 0.3) is 0 Å². The van der Waals surface area contributed by atoms with Crippen molar-refractivity contribution in [2.75, 3.05) is 0 Å². The lowest BCUT2D eigenvalue weighted by molar-refractivity contribution is -0.134. The Morgan fingerprint density at radius 1 is 1.30 bits per heavy atom. The molecule has 110 valence electrons. The molecule has 1 aliphatic carbocycles. The van der Waals surface area contributed by atoms with E-state index in [2.05, 4.69) is 18.3 Å². The normalized spacial score (nSPS) is 23.9. The van der Waals surface area contributed by atoms with Crippen LogP contribution in [0.15, 0.2) is 18.2 Å². The highest BCUT2D eigenvalue weighted by Crippen LogP contribution is 2.48. The van der Waals surface area contributed by atoms with Gasteiger partial charge in [-0.15, -0.1) is 0 Å². The maximum atomic E-state index is 12.2. The first-order chi connectivity index (χ1) is 9.49. The van der Waals surface area contributed by atoms with E-state index >= 15 is 0 Å². The Balaban J connectivity index is 0.000000956. The highest BCUT2D eigenvalue weighted by molar-refractivity contribution is 5.95. The third-order valence-corrected chi connectivity index (χ3v) is 3.93. The van der Waals surface area contributed by atoms with Crippen LogP contribution in [0.2, 0.25) is 0 Å². The van der Waals surface area contributed by atoms with Gasteiger partial charge < -0.3 is 0 Å². The average Bonchev–Trinajstić information content (AvgIpc) is 2.40. The number of carbonyl (C=O) groups excluding carboxylic acids is 2. The smallest absolute Gasteiger partial charge is 0.237 e. The van der Waals surface area contributed by atoms with Gasteiger partial charge in [-0.2, -0.15) is 0 Å². The van der Waals surface area contributed by atoms with Crippen molar-refractivity contribution in [2.45, 2.75) is 52.9 Å². The fraction of sp³-hybridized carbons (Fsp3) is 0.529. The van der Waals surface area contributed by atoms with Crippen LogP contribution >= 0.6 is 0 Å². The molecule has 2 amide bonds. The molecule has 1 N–H and O–H groups in total. The first kappa shape index (κ1) is 16.4. The molecule has 20 heavy (non-hydrogen) atoms. The molecule has 0 heterocycles. The molecular weight excluding hydrogens is 250 g/mol. The molecule has 0 aliphatic heterocycles. The second-order valence-electron chi connectivity index (χ2n) is 5.51. The number of aryl methyl sites for hydroxylation is 2. The van der Waals surface area contributed by atoms with Gasteiger partial charge in [0.05, 0.1) is 5.41 Å². The SMILES string of the molecule is CC.Cc1ccc(C)c(C2(C(=O)NC=O)CC(C)C2)c1. The molecule has 3 heteroatoms. The Labute approximate surface area is 121 Å². The number of benzene rings is 1. The number of imide groups is 1. The first-order valence-electron chi connectivity index (χ1n) is 7.32. The zero-order valence-electron chi connectivity index (χ0n) is 13.1. The van der Waals surface area contributed by atoms with Crippen LogP contribution in [0, 0.1) is 19.8 Å². The molecule has 0 spiro atoms. The Morgan fingerprint density at radius 3 is 2.40 bits per heavy atom. The summed E-state index contributed by atoms with van der Waals surface area (Å²) < 4.78 is 0. The summed E-state index contributed by atoms with van der Waals surface area (Å²) in [5.41, 5.74) is 2.83. The molecule has 1 fully saturated rings. The highest BCUT2D eigenvalue weighted by Gasteiger charge is 2.50. The number of hydrogen-bond donors (Lipinski definition) is 1. The Kier molecular flexibility index (Phi) is 5.49. The zero-order chi connectivity index (χ0) is 15.3. The molecule has 1 saturated carbocycles. The van der Waals surface area contributed by atoms with Crippen molar-refractivity contribution < 1.29 is 9.59 Å². The molecule has 0 saturated heterocycles. The molecule has 1 aromatic rings. The van der Waals surface area contributed by atoms with E-state index in [1.54, 1.807) is 0 Å². The average molecular weight is 275 g/mol. The van der Waals surface area contributed by atoms with Crippen LogP contribution in [-0.2, 0) is 15.0 Å². The van der Waals surface area contributed by atoms with Crippen molar-refractivity contribution in [3.05, 3.63) is 34.9 Å². The summed E-state index contributed by atoms with van der Waals surface area (Å²) in [4.78, 5) is 22.7. The molecule has 0 unspecified atom stereocenters. The number of hydrogen-bond acceptors (Lipinski definition) is 2. The molecule has 2 rings (SSSR count). The van der Waals surface area contributed by atoms with E-state index in [4.69, 9.17) is 0 Å². The minimum atomic E-state index is -0.504. The molecule has 0 bridgehead atoms. The monoisotopic (exact) mass is 275 g/mol. The van der Waals surface area contributed by atoms with E-state index < -0.39 is 5.41 Å². The summed E-state index contributed by atoms with van der Waals surface area (Å²) in [7, 11) is 0. The van der Waals surface area contributed by atoms with Gasteiger partial charge in [-0.05, 0) is 43.7 Å². The topological polar surface area (TPSA) is 46.2 Å². The predicted octanol–water partition coefficient (Wildman–Crippen LogP) is 3.27. The predicted molar refractivity (Wildman–Crippen MR) is 81.5 cm³/mol. The third kappa shape index (κ3) is 2.92. The quantitative estimate of drug-likeness (QED) is 0.861. The van der Waals surface area contributed by atoms with Gasteiger partial charge in [0.1, 0.15) is 0 Å². The number of nitrogens with one attached hydrogen (secondary N) is 1. The van der Waals surface area contributed by atoms with Crippen molar-refractivity contribution in [3.63, 3.8) is 0 Å². The van der Waals surface area contributed by atoms with Crippen LogP contribution in [-0.4, -0.2) is 12.3 Å². The van der Waals surface area contributed by atoms with Crippen molar-refractivity contribution in [1.29, 1.82) is 0 Å². The molecule has 0 radical (unpaired) electrons. The van der Waals surface area contributed by atoms with Gasteiger partial charge in [-0.3, -0.25) is 14.9 Å². The van der Waals surface area contributed by atoms with Crippen LogP contribution in [0.1, 0.15) is 50.3 Å². The number of rotatable bonds is 3. The molecule has 1 aliphatic rings. The largest absolute Gasteiger partial charge is 0.298 e. The Bertz CT molecular complexity index is 488. The molecule has 0 aromatic heterocycles. The van der Waals surface area contributed by atoms with Crippen LogP contribution < -0.4 is 5.32 Å². The Morgan fingerprint density at radius 2 is 1.90 bits per heavy atom. The van der Waals surface area contributed by atoms with Crippen LogP contribution in [0.4, 0.5) is 0 Å². The second-order valence-corrected chi connectivity index (χ2v) is 5.51. The van der Waals surface area contributed by atoms with Gasteiger partial charge in [0.15, 0.2) is 0 Å². The van der Waals surface area contributed by atoms with Gasteiger partial charge in [-0.25, -0.2) is 0 Å². The lowest BCUT2D eigenvalue weighted by Gasteiger charge is -2.45. The van der Waals surface area contributed by atoms with Crippen molar-refractivity contribution in [1.82, 2.24) is 5.32 Å². The van der Waals surface area contributed by atoms with Crippen molar-refractivity contribution in [3.8, 4) is 0 Å². The summed E-state index contributed by atoms with van der Waals surface area (Å²) in [6.07, 6.45) is 2.12. The van der Waals surface area contributed by atoms with E-state index in [0.717, 1.165) is 29.5 Å². The summed E-state index contributed by atoms with van der Waals surface area (Å²) in [6, 6.07) is 6.17. The van der Waals surface area contributed by atoms with Crippen molar-refractivity contribution in [2.24, 2.45) is 5.92 Å². The van der Waals surface area contributed by atoms with E-state index in [1.807, 2.05) is 39.8 Å². The maximum Gasteiger partial charge on any atom is 0.237 e. The van der Waals surface area contributed by atoms with Gasteiger partial charge >= 0.3 is 0 Å². The van der Waals surface area contributed by atoms with Gasteiger partial charge in [0.25, 0.3) is 0 Å². The minimum absolute atomic E-state index is 0.163. The molecule has 1 aromatic carbocycles. The van der Waals surface area contributed by atoms with E-state index in [-0.39, 0.29) is 5.91 Å². The molecule has 0 atom stereocenters. The van der Waals surface area contributed by atoms with Gasteiger partial charge in [0.2, 0.25) is 12.3 Å². The maximum absolute atomic E-state index is 12.2. The fourth-order valence-electron chi connectivity index (χ4n) is 3.10. The minimum Gasteiger partial charge on any atom is -0.298 e. The number of amides is 2. The summed E-state index contributed by atoms with van der Waals surface area (Å²) in [5.74, 6) is 0.367. The first-order valence-corrected chi connectivity index (χ1v) is 7.32. The third-order valence-electron chi connectivity index (χ3n) is 3.93. The van der Waals surface area contributed by atoms with E-state index in [1.165, 1.54) is 0 Å². The van der Waals surface area contributed by atoms with Gasteiger partial charge in [-0.1, -0.05) is 44.5 Å². The van der Waals surface area contributed by atoms with Crippen LogP contribution in [0.3, 0.4) is 0 Å². The summed E-state index contributed by atoms with van der Waals surface area (Å²) in [6.45, 7) is 10.2. The lowest BCUT2D eigenvalue weighted by atomic mass is 9.57. The van der Waals surface area contributed by atoms with Crippen molar-refractivity contribution >= 4 is 12.3 Å². The second kappa shape index (κ2) is 6.69. The highest BCUT2D eigenvalue weighted by atomic mass is 16.2. The van der Waals surface area contributed by atoms with E-state index in [0.29, 0.717) is 12.3 Å². The standard InChI is InChI=1S/C15H19NO2.C2H6/c1-10-4-5-12(3)13(6-10)15(7-11(2)8-15)14(18)16-9-17;1-2/h4-6,9,11H,7-8H2,1-3H3,(H,16,17,18);1-2H3. The lowest BCUT2D eigenvalue weighted by Crippen LogP contribution is -2.52. The molecular formula is C17H25NO2. The van der Waals surface area contributed by atoms with Gasteiger partial charge in [0, 0.05) is 0 Å². The summed E-state index contributed by atoms with van der Waals surface area (Å²) >= 11 is 0. The Hall–Kier alpha value is -1.64. The molecule has 3 nitrogen and oxygen atoms in total. The fourth-order valence-corrected chi connectivity index (χ4v) is 3.10. The van der Waals surface area contributed by atoms with E-state index in [9.17, 15) is 9.59 Å². The zero-order valence-corrected chi connectivity index (χ0v) is 13.1. The number of carbonyl (C=O) groups is 2. The van der Waals surface area contributed by atoms with Crippen LogP contribution in [0.5, 0.6) is 0 Å².